The molecule has 8 nitrogen and oxygen atoms in total. The highest BCUT2D eigenvalue weighted by Gasteiger charge is 2.19. The highest BCUT2D eigenvalue weighted by atomic mass is 16.5. The minimum Gasteiger partial charge on any atom is -0.497 e. The highest BCUT2D eigenvalue weighted by molar-refractivity contribution is 5.93. The van der Waals surface area contributed by atoms with Crippen LogP contribution in [-0.2, 0) is 9.53 Å². The molecule has 0 saturated carbocycles. The predicted octanol–water partition coefficient (Wildman–Crippen LogP) is 2.12. The second-order valence-electron chi connectivity index (χ2n) is 7.26. The fraction of sp³-hybridized carbons (Fsp3) is 0.391. The summed E-state index contributed by atoms with van der Waals surface area (Å²) in [5.74, 6) is 1.17. The van der Waals surface area contributed by atoms with Crippen molar-refractivity contribution in [2.75, 3.05) is 65.4 Å². The summed E-state index contributed by atoms with van der Waals surface area (Å²) < 4.78 is 15.6. The Morgan fingerprint density at radius 1 is 0.871 bits per heavy atom. The van der Waals surface area contributed by atoms with Gasteiger partial charge in [-0.15, -0.1) is 0 Å². The van der Waals surface area contributed by atoms with Gasteiger partial charge in [0.2, 0.25) is 5.91 Å². The van der Waals surface area contributed by atoms with Crippen molar-refractivity contribution < 1.29 is 23.8 Å². The van der Waals surface area contributed by atoms with Crippen LogP contribution in [-0.4, -0.2) is 81.8 Å². The summed E-state index contributed by atoms with van der Waals surface area (Å²) in [4.78, 5) is 28.3. The van der Waals surface area contributed by atoms with Gasteiger partial charge in [0.25, 0.3) is 0 Å². The van der Waals surface area contributed by atoms with Crippen LogP contribution in [0.5, 0.6) is 11.5 Å². The fourth-order valence-electron chi connectivity index (χ4n) is 3.35. The molecule has 0 aromatic heterocycles. The van der Waals surface area contributed by atoms with Crippen molar-refractivity contribution in [1.29, 1.82) is 0 Å². The number of carbonyl (C=O) groups excluding carboxylic acids is 2. The maximum absolute atomic E-state index is 12.3. The first-order valence-electron chi connectivity index (χ1n) is 10.3. The molecule has 8 heteroatoms. The topological polar surface area (TPSA) is 80.3 Å². The number of nitrogens with zero attached hydrogens (tertiary/aromatic N) is 2. The number of benzene rings is 2. The molecule has 166 valence electrons. The van der Waals surface area contributed by atoms with Crippen LogP contribution in [0.1, 0.15) is 10.4 Å². The number of hydrogen-bond acceptors (Lipinski definition) is 7. The molecule has 1 aliphatic rings. The van der Waals surface area contributed by atoms with Crippen molar-refractivity contribution in [2.45, 2.75) is 0 Å². The van der Waals surface area contributed by atoms with E-state index in [0.717, 1.165) is 44.2 Å². The van der Waals surface area contributed by atoms with Crippen LogP contribution < -0.4 is 14.8 Å². The molecule has 1 heterocycles. The summed E-state index contributed by atoms with van der Waals surface area (Å²) in [5, 5.41) is 2.87. The Balaban J connectivity index is 1.33. The first kappa shape index (κ1) is 22.6. The molecule has 0 radical (unpaired) electrons. The molecule has 1 saturated heterocycles. The van der Waals surface area contributed by atoms with Gasteiger partial charge in [0.15, 0.2) is 0 Å². The van der Waals surface area contributed by atoms with Crippen LogP contribution in [0.25, 0.3) is 0 Å². The molecule has 2 aromatic carbocycles. The van der Waals surface area contributed by atoms with Gasteiger partial charge in [-0.25, -0.2) is 4.79 Å². The van der Waals surface area contributed by atoms with E-state index in [1.165, 1.54) is 7.11 Å². The van der Waals surface area contributed by atoms with Gasteiger partial charge in [0, 0.05) is 38.4 Å². The molecule has 0 aliphatic carbocycles. The molecular weight excluding hydrogens is 398 g/mol. The van der Waals surface area contributed by atoms with E-state index in [2.05, 4.69) is 19.9 Å². The van der Waals surface area contributed by atoms with Crippen LogP contribution in [0.15, 0.2) is 48.5 Å². The quantitative estimate of drug-likeness (QED) is 0.614. The van der Waals surface area contributed by atoms with Crippen molar-refractivity contribution in [3.8, 4) is 11.5 Å². The van der Waals surface area contributed by atoms with Crippen LogP contribution in [0.4, 0.5) is 5.69 Å². The third kappa shape index (κ3) is 6.97. The van der Waals surface area contributed by atoms with E-state index in [9.17, 15) is 9.59 Å². The molecule has 3 rings (SSSR count). The van der Waals surface area contributed by atoms with Crippen molar-refractivity contribution >= 4 is 17.6 Å². The molecule has 1 N–H and O–H groups in total. The minimum atomic E-state index is -0.398. The molecular formula is C23H29N3O5. The summed E-state index contributed by atoms with van der Waals surface area (Å²) in [6.07, 6.45) is 0. The second-order valence-corrected chi connectivity index (χ2v) is 7.26. The summed E-state index contributed by atoms with van der Waals surface area (Å²) in [7, 11) is 2.98. The number of carbonyl (C=O) groups is 2. The number of amides is 1. The highest BCUT2D eigenvalue weighted by Crippen LogP contribution is 2.17. The van der Waals surface area contributed by atoms with E-state index in [-0.39, 0.29) is 5.91 Å². The molecule has 1 amide bonds. The molecule has 0 unspecified atom stereocenters. The average molecular weight is 428 g/mol. The van der Waals surface area contributed by atoms with Crippen molar-refractivity contribution in [2.24, 2.45) is 0 Å². The smallest absolute Gasteiger partial charge is 0.337 e. The number of ether oxygens (including phenoxy) is 3. The van der Waals surface area contributed by atoms with E-state index in [4.69, 9.17) is 9.47 Å². The van der Waals surface area contributed by atoms with Gasteiger partial charge in [0.1, 0.15) is 18.1 Å². The first-order chi connectivity index (χ1) is 15.1. The first-order valence-corrected chi connectivity index (χ1v) is 10.3. The summed E-state index contributed by atoms with van der Waals surface area (Å²) >= 11 is 0. The lowest BCUT2D eigenvalue weighted by atomic mass is 10.2. The molecule has 1 fully saturated rings. The van der Waals surface area contributed by atoms with Gasteiger partial charge < -0.3 is 19.5 Å². The molecule has 2 aromatic rings. The third-order valence-electron chi connectivity index (χ3n) is 5.16. The standard InChI is InChI=1S/C23H29N3O5/c1-29-20-7-9-21(10-8-20)31-16-15-25-11-13-26(14-12-25)17-22(27)24-19-5-3-18(4-6-19)23(28)30-2/h3-10H,11-17H2,1-2H3,(H,24,27). The van der Waals surface area contributed by atoms with Gasteiger partial charge in [-0.2, -0.15) is 0 Å². The van der Waals surface area contributed by atoms with E-state index >= 15 is 0 Å². The minimum absolute atomic E-state index is 0.0675. The lowest BCUT2D eigenvalue weighted by Gasteiger charge is -2.34. The Kier molecular flexibility index (Phi) is 8.26. The van der Waals surface area contributed by atoms with Crippen molar-refractivity contribution in [3.63, 3.8) is 0 Å². The lowest BCUT2D eigenvalue weighted by Crippen LogP contribution is -2.49. The van der Waals surface area contributed by atoms with Gasteiger partial charge >= 0.3 is 5.97 Å². The fourth-order valence-corrected chi connectivity index (χ4v) is 3.35. The zero-order chi connectivity index (χ0) is 22.1. The van der Waals surface area contributed by atoms with E-state index < -0.39 is 5.97 Å². The monoisotopic (exact) mass is 427 g/mol. The van der Waals surface area contributed by atoms with Crippen LogP contribution >= 0.6 is 0 Å². The Labute approximate surface area is 182 Å². The Morgan fingerprint density at radius 2 is 1.48 bits per heavy atom. The Hall–Kier alpha value is -3.10. The van der Waals surface area contributed by atoms with E-state index in [0.29, 0.717) is 24.4 Å². The van der Waals surface area contributed by atoms with Crippen molar-refractivity contribution in [1.82, 2.24) is 9.80 Å². The normalized spacial score (nSPS) is 14.6. The van der Waals surface area contributed by atoms with Crippen LogP contribution in [0.2, 0.25) is 0 Å². The van der Waals surface area contributed by atoms with E-state index in [1.807, 2.05) is 24.3 Å². The number of nitrogens with one attached hydrogen (secondary N) is 1. The molecule has 0 atom stereocenters. The zero-order valence-corrected chi connectivity index (χ0v) is 18.0. The number of esters is 1. The number of methoxy groups -OCH3 is 2. The third-order valence-corrected chi connectivity index (χ3v) is 5.16. The van der Waals surface area contributed by atoms with Gasteiger partial charge in [-0.05, 0) is 48.5 Å². The second kappa shape index (κ2) is 11.3. The number of anilines is 1. The van der Waals surface area contributed by atoms with Crippen LogP contribution in [0.3, 0.4) is 0 Å². The maximum Gasteiger partial charge on any atom is 0.337 e. The summed E-state index contributed by atoms with van der Waals surface area (Å²) in [5.41, 5.74) is 1.11. The maximum atomic E-state index is 12.3. The number of piperazine rings is 1. The molecule has 0 spiro atoms. The SMILES string of the molecule is COC(=O)c1ccc(NC(=O)CN2CCN(CCOc3ccc(OC)cc3)CC2)cc1. The van der Waals surface area contributed by atoms with E-state index in [1.54, 1.807) is 31.4 Å². The Bertz CT molecular complexity index is 847. The lowest BCUT2D eigenvalue weighted by molar-refractivity contribution is -0.117. The van der Waals surface area contributed by atoms with Gasteiger partial charge in [0.05, 0.1) is 26.3 Å². The number of rotatable bonds is 9. The summed E-state index contributed by atoms with van der Waals surface area (Å²) in [6, 6.07) is 14.2. The van der Waals surface area contributed by atoms with Crippen molar-refractivity contribution in [3.05, 3.63) is 54.1 Å². The Morgan fingerprint density at radius 3 is 2.10 bits per heavy atom. The van der Waals surface area contributed by atoms with Gasteiger partial charge in [-0.1, -0.05) is 0 Å². The summed E-state index contributed by atoms with van der Waals surface area (Å²) in [6.45, 7) is 5.26. The largest absolute Gasteiger partial charge is 0.497 e. The predicted molar refractivity (Wildman–Crippen MR) is 118 cm³/mol. The molecule has 0 bridgehead atoms. The van der Waals surface area contributed by atoms with Crippen LogP contribution in [0, 0.1) is 0 Å². The molecule has 1 aliphatic heterocycles. The van der Waals surface area contributed by atoms with Gasteiger partial charge in [-0.3, -0.25) is 14.6 Å². The zero-order valence-electron chi connectivity index (χ0n) is 18.0. The molecule has 31 heavy (non-hydrogen) atoms. The average Bonchev–Trinajstić information content (AvgIpc) is 2.80. The number of hydrogen-bond donors (Lipinski definition) is 1.